The van der Waals surface area contributed by atoms with Crippen molar-refractivity contribution in [1.82, 2.24) is 0 Å². The SMILES string of the molecule is C=C1CCCC[C@@H]2CCCC(=O)[C@]12C(=O)OC. The van der Waals surface area contributed by atoms with Gasteiger partial charge in [-0.05, 0) is 38.0 Å². The highest BCUT2D eigenvalue weighted by atomic mass is 16.5. The number of carbonyl (C=O) groups is 2. The van der Waals surface area contributed by atoms with Crippen molar-refractivity contribution < 1.29 is 14.3 Å². The zero-order valence-electron chi connectivity index (χ0n) is 10.5. The number of ketones is 1. The van der Waals surface area contributed by atoms with E-state index in [-0.39, 0.29) is 17.7 Å². The molecule has 0 bridgehead atoms. The van der Waals surface area contributed by atoms with Crippen molar-refractivity contribution in [3.63, 3.8) is 0 Å². The number of hydrogen-bond acceptors (Lipinski definition) is 3. The Balaban J connectivity index is 2.49. The Kier molecular flexibility index (Phi) is 3.36. The molecule has 2 fully saturated rings. The third-order valence-corrected chi connectivity index (χ3v) is 4.35. The maximum atomic E-state index is 12.4. The van der Waals surface area contributed by atoms with Crippen LogP contribution in [0.25, 0.3) is 0 Å². The number of carbonyl (C=O) groups excluding carboxylic acids is 2. The van der Waals surface area contributed by atoms with Gasteiger partial charge in [-0.2, -0.15) is 0 Å². The number of hydrogen-bond donors (Lipinski definition) is 0. The topological polar surface area (TPSA) is 43.4 Å². The van der Waals surface area contributed by atoms with Crippen molar-refractivity contribution in [2.75, 3.05) is 7.11 Å². The summed E-state index contributed by atoms with van der Waals surface area (Å²) in [6.07, 6.45) is 6.16. The molecule has 0 unspecified atom stereocenters. The van der Waals surface area contributed by atoms with Gasteiger partial charge in [0.15, 0.2) is 5.78 Å². The second-order valence-electron chi connectivity index (χ2n) is 5.16. The highest BCUT2D eigenvalue weighted by Gasteiger charge is 2.56. The summed E-state index contributed by atoms with van der Waals surface area (Å²) in [5, 5.41) is 0. The number of fused-ring (bicyclic) bond motifs is 1. The summed E-state index contributed by atoms with van der Waals surface area (Å²) in [7, 11) is 1.37. The monoisotopic (exact) mass is 236 g/mol. The fourth-order valence-corrected chi connectivity index (χ4v) is 3.51. The van der Waals surface area contributed by atoms with Gasteiger partial charge in [0.1, 0.15) is 5.41 Å². The summed E-state index contributed by atoms with van der Waals surface area (Å²) in [6, 6.07) is 0. The molecule has 0 spiro atoms. The summed E-state index contributed by atoms with van der Waals surface area (Å²) < 4.78 is 4.93. The number of rotatable bonds is 1. The lowest BCUT2D eigenvalue weighted by atomic mass is 9.61. The lowest BCUT2D eigenvalue weighted by Gasteiger charge is -2.40. The van der Waals surface area contributed by atoms with Crippen LogP contribution < -0.4 is 0 Å². The molecular weight excluding hydrogens is 216 g/mol. The van der Waals surface area contributed by atoms with Crippen molar-refractivity contribution in [2.45, 2.75) is 44.9 Å². The number of methoxy groups -OCH3 is 1. The Morgan fingerprint density at radius 1 is 1.29 bits per heavy atom. The van der Waals surface area contributed by atoms with E-state index >= 15 is 0 Å². The lowest BCUT2D eigenvalue weighted by Crippen LogP contribution is -2.49. The third-order valence-electron chi connectivity index (χ3n) is 4.35. The molecule has 0 aromatic rings. The molecule has 0 amide bonds. The molecule has 94 valence electrons. The van der Waals surface area contributed by atoms with Crippen LogP contribution in [-0.4, -0.2) is 18.9 Å². The minimum Gasteiger partial charge on any atom is -0.468 e. The van der Waals surface area contributed by atoms with E-state index in [2.05, 4.69) is 6.58 Å². The molecule has 0 aliphatic heterocycles. The minimum absolute atomic E-state index is 0.0347. The number of Topliss-reactive ketones (excluding diaryl/α,β-unsaturated/α-hetero) is 1. The normalized spacial score (nSPS) is 33.8. The van der Waals surface area contributed by atoms with Gasteiger partial charge in [0.25, 0.3) is 0 Å². The predicted octanol–water partition coefficient (Wildman–Crippen LogP) is 2.65. The van der Waals surface area contributed by atoms with Crippen LogP contribution in [0.3, 0.4) is 0 Å². The Hall–Kier alpha value is -1.12. The zero-order chi connectivity index (χ0) is 12.5. The highest BCUT2D eigenvalue weighted by Crippen LogP contribution is 2.50. The molecule has 2 saturated carbocycles. The van der Waals surface area contributed by atoms with Crippen LogP contribution in [0.2, 0.25) is 0 Å². The van der Waals surface area contributed by atoms with Crippen LogP contribution in [0, 0.1) is 11.3 Å². The highest BCUT2D eigenvalue weighted by molar-refractivity contribution is 6.07. The van der Waals surface area contributed by atoms with Gasteiger partial charge in [-0.1, -0.05) is 18.6 Å². The standard InChI is InChI=1S/C14H20O3/c1-10-6-3-4-7-11-8-5-9-12(15)14(10,11)13(16)17-2/h11H,1,3-9H2,2H3/t11-,14+/m1/s1. The van der Waals surface area contributed by atoms with E-state index in [1.54, 1.807) is 0 Å². The maximum absolute atomic E-state index is 12.4. The van der Waals surface area contributed by atoms with E-state index in [1.807, 2.05) is 0 Å². The average Bonchev–Trinajstić information content (AvgIpc) is 2.50. The fourth-order valence-electron chi connectivity index (χ4n) is 3.51. The first kappa shape index (κ1) is 12.3. The van der Waals surface area contributed by atoms with Gasteiger partial charge in [0.2, 0.25) is 0 Å². The Morgan fingerprint density at radius 2 is 2.00 bits per heavy atom. The molecule has 17 heavy (non-hydrogen) atoms. The first-order chi connectivity index (χ1) is 8.14. The van der Waals surface area contributed by atoms with E-state index in [4.69, 9.17) is 4.74 Å². The first-order valence-electron chi connectivity index (χ1n) is 6.44. The minimum atomic E-state index is -1.01. The maximum Gasteiger partial charge on any atom is 0.323 e. The van der Waals surface area contributed by atoms with Crippen LogP contribution in [0.5, 0.6) is 0 Å². The van der Waals surface area contributed by atoms with Gasteiger partial charge in [-0.25, -0.2) is 0 Å². The smallest absolute Gasteiger partial charge is 0.323 e. The van der Waals surface area contributed by atoms with Gasteiger partial charge in [-0.15, -0.1) is 0 Å². The van der Waals surface area contributed by atoms with Crippen LogP contribution in [0.15, 0.2) is 12.2 Å². The quantitative estimate of drug-likeness (QED) is 0.399. The predicted molar refractivity (Wildman–Crippen MR) is 64.4 cm³/mol. The molecule has 0 N–H and O–H groups in total. The number of esters is 1. The van der Waals surface area contributed by atoms with Crippen LogP contribution in [0.1, 0.15) is 44.9 Å². The van der Waals surface area contributed by atoms with Crippen molar-refractivity contribution in [1.29, 1.82) is 0 Å². The summed E-state index contributed by atoms with van der Waals surface area (Å²) >= 11 is 0. The fraction of sp³-hybridized carbons (Fsp3) is 0.714. The molecule has 2 aliphatic carbocycles. The Bertz CT molecular complexity index is 348. The van der Waals surface area contributed by atoms with Gasteiger partial charge in [0.05, 0.1) is 7.11 Å². The van der Waals surface area contributed by atoms with Gasteiger partial charge >= 0.3 is 5.97 Å². The van der Waals surface area contributed by atoms with Crippen LogP contribution in [0.4, 0.5) is 0 Å². The average molecular weight is 236 g/mol. The van der Waals surface area contributed by atoms with Crippen molar-refractivity contribution >= 4 is 11.8 Å². The lowest BCUT2D eigenvalue weighted by molar-refractivity contribution is -0.161. The van der Waals surface area contributed by atoms with Gasteiger partial charge in [0, 0.05) is 6.42 Å². The second kappa shape index (κ2) is 4.63. The molecule has 0 heterocycles. The largest absolute Gasteiger partial charge is 0.468 e. The molecule has 3 nitrogen and oxygen atoms in total. The molecule has 2 rings (SSSR count). The van der Waals surface area contributed by atoms with Crippen molar-refractivity contribution in [3.05, 3.63) is 12.2 Å². The zero-order valence-corrected chi connectivity index (χ0v) is 10.5. The van der Waals surface area contributed by atoms with Gasteiger partial charge < -0.3 is 4.74 Å². The van der Waals surface area contributed by atoms with Crippen molar-refractivity contribution in [2.24, 2.45) is 11.3 Å². The number of ether oxygens (including phenoxy) is 1. The molecule has 0 aromatic carbocycles. The molecular formula is C14H20O3. The van der Waals surface area contributed by atoms with E-state index < -0.39 is 5.41 Å². The molecule has 0 saturated heterocycles. The van der Waals surface area contributed by atoms with Crippen LogP contribution >= 0.6 is 0 Å². The van der Waals surface area contributed by atoms with E-state index in [9.17, 15) is 9.59 Å². The summed E-state index contributed by atoms with van der Waals surface area (Å²) in [6.45, 7) is 4.03. The molecule has 0 aromatic heterocycles. The first-order valence-corrected chi connectivity index (χ1v) is 6.44. The van der Waals surface area contributed by atoms with Gasteiger partial charge in [-0.3, -0.25) is 9.59 Å². The van der Waals surface area contributed by atoms with E-state index in [0.29, 0.717) is 6.42 Å². The molecule has 2 aliphatic rings. The summed E-state index contributed by atoms with van der Waals surface area (Å²) in [5.41, 5.74) is -0.222. The third kappa shape index (κ3) is 1.72. The van der Waals surface area contributed by atoms with Crippen LogP contribution in [-0.2, 0) is 14.3 Å². The Morgan fingerprint density at radius 3 is 2.71 bits per heavy atom. The van der Waals surface area contributed by atoms with E-state index in [0.717, 1.165) is 44.1 Å². The molecule has 0 radical (unpaired) electrons. The molecule has 2 atom stereocenters. The molecule has 3 heteroatoms. The van der Waals surface area contributed by atoms with Crippen molar-refractivity contribution in [3.8, 4) is 0 Å². The summed E-state index contributed by atoms with van der Waals surface area (Å²) in [5.74, 6) is -0.224. The Labute approximate surface area is 102 Å². The second-order valence-corrected chi connectivity index (χ2v) is 5.16. The summed E-state index contributed by atoms with van der Waals surface area (Å²) in [4.78, 5) is 24.5. The van der Waals surface area contributed by atoms with E-state index in [1.165, 1.54) is 7.11 Å².